The molecule has 0 aliphatic heterocycles. The summed E-state index contributed by atoms with van der Waals surface area (Å²) in [6.45, 7) is 0. The first kappa shape index (κ1) is 18.0. The predicted octanol–water partition coefficient (Wildman–Crippen LogP) is -0.883. The second-order valence-corrected chi connectivity index (χ2v) is 0. The van der Waals surface area contributed by atoms with E-state index in [1.807, 2.05) is 0 Å². The molecule has 0 aromatic heterocycles. The Bertz CT molecular complexity index is 8.00. The summed E-state index contributed by atoms with van der Waals surface area (Å²) in [5.74, 6) is 0. The van der Waals surface area contributed by atoms with E-state index in [1.165, 1.54) is 0 Å². The molecule has 0 saturated heterocycles. The molecule has 0 atom stereocenters. The summed E-state index contributed by atoms with van der Waals surface area (Å²) < 4.78 is 7.81. The zero-order chi connectivity index (χ0) is 2.00. The molecule has 0 aromatic rings. The maximum absolute atomic E-state index is 7.81. The zero-order valence-corrected chi connectivity index (χ0v) is 4.38. The molecular weight excluding hydrogens is 113 g/mol. The van der Waals surface area contributed by atoms with Gasteiger partial charge in [0.25, 0.3) is 0 Å². The van der Waals surface area contributed by atoms with Crippen LogP contribution in [-0.2, 0) is 19.8 Å². The van der Waals surface area contributed by atoms with Crippen molar-refractivity contribution in [2.75, 3.05) is 0 Å². The molecule has 21 valence electrons. The first-order chi connectivity index (χ1) is 1.00. The Labute approximate surface area is 55.9 Å². The monoisotopic (exact) mass is 113 g/mol. The van der Waals surface area contributed by atoms with Crippen molar-refractivity contribution >= 4 is 36.2 Å². The molecule has 4 radical (unpaired) electrons. The number of hydrogen-bond acceptors (Lipinski definition) is 1. The Morgan fingerprint density at radius 3 is 1.25 bits per heavy atom. The Hall–Kier alpha value is 1.45. The molecule has 0 aliphatic carbocycles. The van der Waals surface area contributed by atoms with Crippen molar-refractivity contribution in [3.63, 3.8) is 0 Å². The summed E-state index contributed by atoms with van der Waals surface area (Å²) in [5, 5.41) is 0. The van der Waals surface area contributed by atoms with Crippen LogP contribution in [0.3, 0.4) is 0 Å². The van der Waals surface area contributed by atoms with Gasteiger partial charge in [0.1, 0.15) is 0 Å². The first-order valence-corrected chi connectivity index (χ1v) is 0.508. The molecular formula is AlCuLiO. The van der Waals surface area contributed by atoms with E-state index in [1.54, 1.807) is 0 Å². The van der Waals surface area contributed by atoms with Gasteiger partial charge in [-0.05, 0) is 0 Å². The Kier molecular flexibility index (Phi) is 113. The van der Waals surface area contributed by atoms with Gasteiger partial charge in [0.2, 0.25) is 0 Å². The van der Waals surface area contributed by atoms with Gasteiger partial charge in [0, 0.05) is 36.2 Å². The standard InChI is InChI=1S/Al.Cu.Li.O. The molecule has 4 heavy (non-hydrogen) atoms. The molecule has 1 nitrogen and oxygen atoms in total. The predicted molar refractivity (Wildman–Crippen MR) is 12.2 cm³/mol. The fourth-order valence-corrected chi connectivity index (χ4v) is 0. The van der Waals surface area contributed by atoms with Gasteiger partial charge in [-0.25, -0.2) is 0 Å². The van der Waals surface area contributed by atoms with Crippen LogP contribution in [0.1, 0.15) is 0 Å². The van der Waals surface area contributed by atoms with Gasteiger partial charge in [-0.2, -0.15) is 0 Å². The van der Waals surface area contributed by atoms with Crippen molar-refractivity contribution in [1.82, 2.24) is 0 Å². The van der Waals surface area contributed by atoms with Crippen LogP contribution < -0.4 is 0 Å². The van der Waals surface area contributed by atoms with Crippen LogP contribution in [0.25, 0.3) is 0 Å². The second-order valence-electron chi connectivity index (χ2n) is 0. The summed E-state index contributed by atoms with van der Waals surface area (Å²) in [5.41, 5.74) is 0. The number of rotatable bonds is 0. The van der Waals surface area contributed by atoms with Gasteiger partial charge in [0.05, 0.1) is 0 Å². The van der Waals surface area contributed by atoms with Crippen molar-refractivity contribution in [1.29, 1.82) is 0 Å². The summed E-state index contributed by atoms with van der Waals surface area (Å²) in [6.07, 6.45) is 0. The first-order valence-electron chi connectivity index (χ1n) is 0.123. The third-order valence-corrected chi connectivity index (χ3v) is 0. The molecule has 0 unspecified atom stereocenters. The van der Waals surface area contributed by atoms with Crippen molar-refractivity contribution in [3.8, 4) is 0 Å². The minimum absolute atomic E-state index is 0. The van der Waals surface area contributed by atoms with E-state index in [9.17, 15) is 0 Å². The maximum atomic E-state index is 7.81. The molecule has 0 aromatic carbocycles. The molecule has 4 heteroatoms. The molecule has 0 fully saturated rings. The van der Waals surface area contributed by atoms with E-state index in [0.717, 1.165) is 0 Å². The van der Waals surface area contributed by atoms with Crippen LogP contribution in [0, 0.1) is 0 Å². The van der Waals surface area contributed by atoms with Gasteiger partial charge in [-0.15, -0.1) is 0 Å². The average Bonchev–Trinajstić information content (AvgIpc) is 1.00. The van der Waals surface area contributed by atoms with Crippen molar-refractivity contribution in [3.05, 3.63) is 0 Å². The van der Waals surface area contributed by atoms with Crippen molar-refractivity contribution in [2.24, 2.45) is 0 Å². The SMILES string of the molecule is [Al].[Li].[O]=[Cu]. The Morgan fingerprint density at radius 2 is 1.25 bits per heavy atom. The fraction of sp³-hybridized carbons (Fsp3) is 0. The number of hydrogen-bond donors (Lipinski definition) is 0. The Morgan fingerprint density at radius 1 is 1.25 bits per heavy atom. The Balaban J connectivity index is -0.00000000500. The fourth-order valence-electron chi connectivity index (χ4n) is 0. The molecule has 0 N–H and O–H groups in total. The van der Waals surface area contributed by atoms with Gasteiger partial charge in [0.15, 0.2) is 0 Å². The van der Waals surface area contributed by atoms with Gasteiger partial charge >= 0.3 is 19.8 Å². The molecule has 0 spiro atoms. The minimum atomic E-state index is 0. The van der Waals surface area contributed by atoms with E-state index < -0.39 is 0 Å². The van der Waals surface area contributed by atoms with Crippen LogP contribution in [0.2, 0.25) is 0 Å². The summed E-state index contributed by atoms with van der Waals surface area (Å²) in [6, 6.07) is 0. The van der Waals surface area contributed by atoms with Crippen LogP contribution in [0.4, 0.5) is 0 Å². The summed E-state index contributed by atoms with van der Waals surface area (Å²) >= 11 is 2.94. The van der Waals surface area contributed by atoms with Crippen LogP contribution >= 0.6 is 0 Å². The summed E-state index contributed by atoms with van der Waals surface area (Å²) in [4.78, 5) is 0. The third kappa shape index (κ3) is 9.85. The van der Waals surface area contributed by atoms with E-state index in [2.05, 4.69) is 15.9 Å². The van der Waals surface area contributed by atoms with Crippen LogP contribution in [-0.4, -0.2) is 36.2 Å². The molecule has 0 rings (SSSR count). The van der Waals surface area contributed by atoms with Crippen LogP contribution in [0.15, 0.2) is 0 Å². The van der Waals surface area contributed by atoms with E-state index >= 15 is 0 Å². The second kappa shape index (κ2) is 25.2. The normalized spacial score (nSPS) is 1.50. The van der Waals surface area contributed by atoms with Crippen molar-refractivity contribution < 1.29 is 19.8 Å². The van der Waals surface area contributed by atoms with Gasteiger partial charge in [-0.1, -0.05) is 0 Å². The molecule has 0 saturated carbocycles. The molecule has 0 aliphatic rings. The van der Waals surface area contributed by atoms with Crippen molar-refractivity contribution in [2.45, 2.75) is 0 Å². The molecule has 0 bridgehead atoms. The average molecular weight is 113 g/mol. The quantitative estimate of drug-likeness (QED) is 0.373. The van der Waals surface area contributed by atoms with E-state index in [4.69, 9.17) is 3.83 Å². The molecule has 0 heterocycles. The van der Waals surface area contributed by atoms with Crippen LogP contribution in [0.5, 0.6) is 0 Å². The van der Waals surface area contributed by atoms with E-state index in [-0.39, 0.29) is 36.2 Å². The summed E-state index contributed by atoms with van der Waals surface area (Å²) in [7, 11) is 0. The van der Waals surface area contributed by atoms with Gasteiger partial charge < -0.3 is 0 Å². The van der Waals surface area contributed by atoms with Gasteiger partial charge in [-0.3, -0.25) is 0 Å². The topological polar surface area (TPSA) is 17.1 Å². The zero-order valence-electron chi connectivity index (χ0n) is 2.29. The third-order valence-electron chi connectivity index (χ3n) is 0. The molecule has 0 amide bonds. The van der Waals surface area contributed by atoms with E-state index in [0.29, 0.717) is 0 Å².